The molecule has 0 unspecified atom stereocenters. The Kier molecular flexibility index (Phi) is 2.59. The molecule has 1 heterocycles. The number of aromatic carboxylic acids is 1. The van der Waals surface area contributed by atoms with Crippen molar-refractivity contribution in [3.8, 4) is 0 Å². The van der Waals surface area contributed by atoms with E-state index in [2.05, 4.69) is 9.98 Å². The van der Waals surface area contributed by atoms with Gasteiger partial charge in [-0.15, -0.1) is 0 Å². The van der Waals surface area contributed by atoms with Gasteiger partial charge in [0.25, 0.3) is 0 Å². The van der Waals surface area contributed by atoms with E-state index in [9.17, 15) is 4.79 Å². The van der Waals surface area contributed by atoms with Crippen molar-refractivity contribution in [2.45, 2.75) is 0 Å². The van der Waals surface area contributed by atoms with Crippen LogP contribution < -0.4 is 5.73 Å². The van der Waals surface area contributed by atoms with Crippen molar-refractivity contribution in [2.75, 3.05) is 12.8 Å². The minimum Gasteiger partial charge on any atom is -0.477 e. The molecule has 5 nitrogen and oxygen atoms in total. The number of nitrogen functional groups attached to an aromatic ring is 1. The van der Waals surface area contributed by atoms with E-state index in [1.807, 2.05) is 0 Å². The first kappa shape index (κ1) is 9.18. The molecular formula is C8H9N3O2. The molecule has 0 atom stereocenters. The lowest BCUT2D eigenvalue weighted by molar-refractivity contribution is 0.0690. The van der Waals surface area contributed by atoms with Crippen molar-refractivity contribution in [3.05, 3.63) is 23.5 Å². The van der Waals surface area contributed by atoms with Crippen molar-refractivity contribution in [2.24, 2.45) is 4.99 Å². The number of carboxylic acids is 1. The van der Waals surface area contributed by atoms with Crippen LogP contribution in [0.2, 0.25) is 0 Å². The smallest absolute Gasteiger partial charge is 0.354 e. The van der Waals surface area contributed by atoms with E-state index in [1.54, 1.807) is 7.05 Å². The first-order valence-electron chi connectivity index (χ1n) is 3.57. The number of hydrogen-bond acceptors (Lipinski definition) is 4. The summed E-state index contributed by atoms with van der Waals surface area (Å²) in [5, 5.41) is 8.62. The van der Waals surface area contributed by atoms with Crippen LogP contribution in [0.4, 0.5) is 5.69 Å². The van der Waals surface area contributed by atoms with Gasteiger partial charge in [0.2, 0.25) is 0 Å². The average Bonchev–Trinajstić information content (AvgIpc) is 2.08. The van der Waals surface area contributed by atoms with E-state index in [-0.39, 0.29) is 5.69 Å². The number of nitrogens with zero attached hydrogens (tertiary/aromatic N) is 2. The van der Waals surface area contributed by atoms with Gasteiger partial charge in [0.05, 0.1) is 5.69 Å². The molecule has 0 radical (unpaired) electrons. The summed E-state index contributed by atoms with van der Waals surface area (Å²) in [5.41, 5.74) is 6.28. The van der Waals surface area contributed by atoms with Crippen LogP contribution >= 0.6 is 0 Å². The van der Waals surface area contributed by atoms with E-state index >= 15 is 0 Å². The molecule has 0 saturated carbocycles. The van der Waals surface area contributed by atoms with Crippen molar-refractivity contribution in [1.82, 2.24) is 4.98 Å². The van der Waals surface area contributed by atoms with Crippen molar-refractivity contribution >= 4 is 17.9 Å². The van der Waals surface area contributed by atoms with Crippen molar-refractivity contribution in [3.63, 3.8) is 0 Å². The maximum absolute atomic E-state index is 10.5. The Morgan fingerprint density at radius 2 is 2.38 bits per heavy atom. The molecule has 5 heteroatoms. The van der Waals surface area contributed by atoms with Crippen LogP contribution in [0.15, 0.2) is 17.1 Å². The zero-order valence-corrected chi connectivity index (χ0v) is 7.06. The Hall–Kier alpha value is -1.91. The van der Waals surface area contributed by atoms with Gasteiger partial charge in [-0.05, 0) is 12.1 Å². The highest BCUT2D eigenvalue weighted by Gasteiger charge is 2.06. The SMILES string of the molecule is CN=Cc1nc(C(=O)O)ccc1N. The Bertz CT molecular complexity index is 360. The van der Waals surface area contributed by atoms with Crippen LogP contribution in [0.3, 0.4) is 0 Å². The second kappa shape index (κ2) is 3.66. The fourth-order valence-corrected chi connectivity index (χ4v) is 0.830. The number of carboxylic acid groups (broad SMARTS) is 1. The predicted molar refractivity (Wildman–Crippen MR) is 49.1 cm³/mol. The summed E-state index contributed by atoms with van der Waals surface area (Å²) in [5.74, 6) is -1.08. The summed E-state index contributed by atoms with van der Waals surface area (Å²) >= 11 is 0. The molecular weight excluding hydrogens is 170 g/mol. The largest absolute Gasteiger partial charge is 0.477 e. The normalized spacial score (nSPS) is 10.5. The van der Waals surface area contributed by atoms with Gasteiger partial charge < -0.3 is 10.8 Å². The summed E-state index contributed by atoms with van der Waals surface area (Å²) < 4.78 is 0. The third-order valence-electron chi connectivity index (χ3n) is 1.43. The summed E-state index contributed by atoms with van der Waals surface area (Å²) in [4.78, 5) is 18.0. The summed E-state index contributed by atoms with van der Waals surface area (Å²) in [6, 6.07) is 2.85. The van der Waals surface area contributed by atoms with E-state index in [0.717, 1.165) is 0 Å². The minimum atomic E-state index is -1.08. The number of hydrogen-bond donors (Lipinski definition) is 2. The van der Waals surface area contributed by atoms with Crippen LogP contribution in [-0.4, -0.2) is 29.3 Å². The number of pyridine rings is 1. The van der Waals surface area contributed by atoms with Gasteiger partial charge >= 0.3 is 5.97 Å². The van der Waals surface area contributed by atoms with Gasteiger partial charge in [-0.1, -0.05) is 0 Å². The lowest BCUT2D eigenvalue weighted by Gasteiger charge is -1.99. The third kappa shape index (κ3) is 2.02. The molecule has 0 bridgehead atoms. The molecule has 0 amide bonds. The topological polar surface area (TPSA) is 88.6 Å². The maximum Gasteiger partial charge on any atom is 0.354 e. The second-order valence-corrected chi connectivity index (χ2v) is 2.36. The quantitative estimate of drug-likeness (QED) is 0.643. The second-order valence-electron chi connectivity index (χ2n) is 2.36. The van der Waals surface area contributed by atoms with Gasteiger partial charge in [0, 0.05) is 13.3 Å². The third-order valence-corrected chi connectivity index (χ3v) is 1.43. The number of aromatic nitrogens is 1. The summed E-state index contributed by atoms with van der Waals surface area (Å²) in [7, 11) is 1.56. The molecule has 0 aliphatic heterocycles. The number of rotatable bonds is 2. The van der Waals surface area contributed by atoms with Crippen LogP contribution in [0.1, 0.15) is 16.2 Å². The van der Waals surface area contributed by atoms with Crippen molar-refractivity contribution in [1.29, 1.82) is 0 Å². The number of nitrogens with two attached hydrogens (primary N) is 1. The van der Waals surface area contributed by atoms with E-state index in [1.165, 1.54) is 18.3 Å². The molecule has 0 aromatic carbocycles. The molecule has 0 saturated heterocycles. The Balaban J connectivity index is 3.18. The Morgan fingerprint density at radius 3 is 2.92 bits per heavy atom. The van der Waals surface area contributed by atoms with Gasteiger partial charge in [0.1, 0.15) is 11.4 Å². The number of aliphatic imine (C=N–C) groups is 1. The molecule has 1 rings (SSSR count). The zero-order valence-electron chi connectivity index (χ0n) is 7.06. The predicted octanol–water partition coefficient (Wildman–Crippen LogP) is 0.411. The van der Waals surface area contributed by atoms with Crippen LogP contribution in [0, 0.1) is 0 Å². The average molecular weight is 179 g/mol. The molecule has 0 spiro atoms. The molecule has 3 N–H and O–H groups in total. The first-order chi connectivity index (χ1) is 6.15. The van der Waals surface area contributed by atoms with E-state index < -0.39 is 5.97 Å². The highest BCUT2D eigenvalue weighted by Crippen LogP contribution is 2.07. The zero-order chi connectivity index (χ0) is 9.84. The molecule has 13 heavy (non-hydrogen) atoms. The highest BCUT2D eigenvalue weighted by molar-refractivity contribution is 5.90. The lowest BCUT2D eigenvalue weighted by atomic mass is 10.2. The van der Waals surface area contributed by atoms with Gasteiger partial charge in [-0.3, -0.25) is 4.99 Å². The number of anilines is 1. The Morgan fingerprint density at radius 1 is 1.69 bits per heavy atom. The van der Waals surface area contributed by atoms with Gasteiger partial charge in [-0.25, -0.2) is 9.78 Å². The van der Waals surface area contributed by atoms with Crippen LogP contribution in [0.5, 0.6) is 0 Å². The van der Waals surface area contributed by atoms with Gasteiger partial charge in [0.15, 0.2) is 0 Å². The first-order valence-corrected chi connectivity index (χ1v) is 3.57. The van der Waals surface area contributed by atoms with Crippen LogP contribution in [0.25, 0.3) is 0 Å². The molecule has 1 aromatic heterocycles. The minimum absolute atomic E-state index is 0.0379. The molecule has 1 aromatic rings. The summed E-state index contributed by atoms with van der Waals surface area (Å²) in [6.07, 6.45) is 1.42. The summed E-state index contributed by atoms with van der Waals surface area (Å²) in [6.45, 7) is 0. The molecule has 68 valence electrons. The Labute approximate surface area is 74.9 Å². The molecule has 0 fully saturated rings. The monoisotopic (exact) mass is 179 g/mol. The van der Waals surface area contributed by atoms with E-state index in [0.29, 0.717) is 11.4 Å². The fraction of sp³-hybridized carbons (Fsp3) is 0.125. The number of carbonyl (C=O) groups is 1. The van der Waals surface area contributed by atoms with Crippen molar-refractivity contribution < 1.29 is 9.90 Å². The highest BCUT2D eigenvalue weighted by atomic mass is 16.4. The fourth-order valence-electron chi connectivity index (χ4n) is 0.830. The van der Waals surface area contributed by atoms with E-state index in [4.69, 9.17) is 10.8 Å². The van der Waals surface area contributed by atoms with Gasteiger partial charge in [-0.2, -0.15) is 0 Å². The lowest BCUT2D eigenvalue weighted by Crippen LogP contribution is -2.05. The molecule has 0 aliphatic carbocycles. The standard InChI is InChI=1S/C8H9N3O2/c1-10-4-7-5(9)2-3-6(11-7)8(12)13/h2-4H,9H2,1H3,(H,12,13). The molecule has 0 aliphatic rings. The maximum atomic E-state index is 10.5. The van der Waals surface area contributed by atoms with Crippen LogP contribution in [-0.2, 0) is 0 Å².